The van der Waals surface area contributed by atoms with Crippen molar-refractivity contribution in [2.75, 3.05) is 13.2 Å². The number of para-hydroxylation sites is 1. The van der Waals surface area contributed by atoms with Crippen LogP contribution in [0.4, 0.5) is 5.69 Å². The topological polar surface area (TPSA) is 64.4 Å². The highest BCUT2D eigenvalue weighted by Gasteiger charge is 2.22. The van der Waals surface area contributed by atoms with Crippen molar-refractivity contribution in [1.82, 2.24) is 5.32 Å². The Bertz CT molecular complexity index is 435. The molecule has 1 aromatic rings. The number of benzene rings is 1. The Hall–Kier alpha value is -1.46. The van der Waals surface area contributed by atoms with Gasteiger partial charge in [0.1, 0.15) is 0 Å². The van der Waals surface area contributed by atoms with Crippen LogP contribution in [0.3, 0.4) is 0 Å². The van der Waals surface area contributed by atoms with E-state index >= 15 is 0 Å². The third-order valence-electron chi connectivity index (χ3n) is 3.37. The molecule has 2 unspecified atom stereocenters. The molecule has 0 aliphatic rings. The van der Waals surface area contributed by atoms with E-state index in [2.05, 4.69) is 19.2 Å². The third kappa shape index (κ3) is 4.58. The van der Waals surface area contributed by atoms with E-state index in [1.165, 1.54) is 0 Å². The van der Waals surface area contributed by atoms with E-state index < -0.39 is 0 Å². The van der Waals surface area contributed by atoms with Crippen LogP contribution in [-0.4, -0.2) is 24.2 Å². The highest BCUT2D eigenvalue weighted by Crippen LogP contribution is 2.25. The molecule has 0 fully saturated rings. The van der Waals surface area contributed by atoms with Gasteiger partial charge in [0.05, 0.1) is 11.5 Å². The number of hydrogen-bond donors (Lipinski definition) is 1. The maximum Gasteiger partial charge on any atom is 0.274 e. The van der Waals surface area contributed by atoms with Crippen LogP contribution in [0, 0.1) is 16.0 Å². The molecule has 5 heteroatoms. The second-order valence-corrected chi connectivity index (χ2v) is 5.21. The van der Waals surface area contributed by atoms with Crippen LogP contribution in [0.25, 0.3) is 0 Å². The number of ether oxygens (including phenoxy) is 1. The summed E-state index contributed by atoms with van der Waals surface area (Å²) in [5.41, 5.74) is 0.867. The van der Waals surface area contributed by atoms with E-state index in [0.717, 1.165) is 0 Å². The van der Waals surface area contributed by atoms with Crippen molar-refractivity contribution in [3.05, 3.63) is 39.9 Å². The number of nitro groups is 1. The zero-order valence-corrected chi connectivity index (χ0v) is 12.6. The van der Waals surface area contributed by atoms with Gasteiger partial charge in [-0.25, -0.2) is 0 Å². The lowest BCUT2D eigenvalue weighted by molar-refractivity contribution is -0.385. The van der Waals surface area contributed by atoms with Crippen molar-refractivity contribution < 1.29 is 9.66 Å². The molecule has 0 bridgehead atoms. The Labute approximate surface area is 120 Å². The van der Waals surface area contributed by atoms with Gasteiger partial charge in [0, 0.05) is 30.3 Å². The lowest BCUT2D eigenvalue weighted by Crippen LogP contribution is -2.39. The molecule has 1 rings (SSSR count). The second-order valence-electron chi connectivity index (χ2n) is 5.21. The molecule has 5 nitrogen and oxygen atoms in total. The molecule has 20 heavy (non-hydrogen) atoms. The van der Waals surface area contributed by atoms with Crippen molar-refractivity contribution in [3.8, 4) is 0 Å². The molecule has 2 atom stereocenters. The summed E-state index contributed by atoms with van der Waals surface area (Å²) in [5, 5.41) is 14.5. The van der Waals surface area contributed by atoms with Crippen LogP contribution >= 0.6 is 0 Å². The summed E-state index contributed by atoms with van der Waals surface area (Å²) < 4.78 is 5.48. The fourth-order valence-corrected chi connectivity index (χ4v) is 2.11. The Morgan fingerprint density at radius 1 is 1.30 bits per heavy atom. The monoisotopic (exact) mass is 280 g/mol. The normalized spacial score (nSPS) is 14.2. The number of nitrogens with one attached hydrogen (secondary N) is 1. The number of rotatable bonds is 8. The predicted molar refractivity (Wildman–Crippen MR) is 79.8 cm³/mol. The summed E-state index contributed by atoms with van der Waals surface area (Å²) in [4.78, 5) is 10.7. The first kappa shape index (κ1) is 16.6. The lowest BCUT2D eigenvalue weighted by atomic mass is 10.0. The first-order valence-electron chi connectivity index (χ1n) is 7.04. The van der Waals surface area contributed by atoms with Gasteiger partial charge in [-0.3, -0.25) is 10.1 Å². The van der Waals surface area contributed by atoms with E-state index in [0.29, 0.717) is 24.7 Å². The second kappa shape index (κ2) is 7.97. The largest absolute Gasteiger partial charge is 0.380 e. The van der Waals surface area contributed by atoms with Gasteiger partial charge in [0.2, 0.25) is 0 Å². The number of nitro benzene ring substituents is 1. The van der Waals surface area contributed by atoms with Crippen LogP contribution in [0.1, 0.15) is 39.3 Å². The van der Waals surface area contributed by atoms with Gasteiger partial charge in [-0.05, 0) is 19.8 Å². The summed E-state index contributed by atoms with van der Waals surface area (Å²) in [6.07, 6.45) is 0. The molecule has 0 heterocycles. The maximum atomic E-state index is 11.1. The van der Waals surface area contributed by atoms with E-state index in [4.69, 9.17) is 4.74 Å². The minimum atomic E-state index is -0.333. The summed E-state index contributed by atoms with van der Waals surface area (Å²) in [7, 11) is 0. The Kier molecular flexibility index (Phi) is 6.61. The van der Waals surface area contributed by atoms with Crippen LogP contribution in [0.15, 0.2) is 24.3 Å². The average Bonchev–Trinajstić information content (AvgIpc) is 2.42. The van der Waals surface area contributed by atoms with Gasteiger partial charge in [-0.15, -0.1) is 0 Å². The van der Waals surface area contributed by atoms with Gasteiger partial charge >= 0.3 is 0 Å². The fourth-order valence-electron chi connectivity index (χ4n) is 2.11. The Balaban J connectivity index is 2.83. The van der Waals surface area contributed by atoms with Crippen molar-refractivity contribution in [2.45, 2.75) is 39.8 Å². The molecule has 0 saturated heterocycles. The van der Waals surface area contributed by atoms with Crippen molar-refractivity contribution in [3.63, 3.8) is 0 Å². The zero-order chi connectivity index (χ0) is 15.1. The Morgan fingerprint density at radius 3 is 2.50 bits per heavy atom. The maximum absolute atomic E-state index is 11.1. The zero-order valence-electron chi connectivity index (χ0n) is 12.6. The van der Waals surface area contributed by atoms with E-state index in [9.17, 15) is 10.1 Å². The molecule has 0 aliphatic heterocycles. The van der Waals surface area contributed by atoms with Crippen LogP contribution < -0.4 is 5.32 Å². The highest BCUT2D eigenvalue weighted by molar-refractivity contribution is 5.41. The molecule has 0 radical (unpaired) electrons. The van der Waals surface area contributed by atoms with Crippen molar-refractivity contribution in [2.24, 2.45) is 5.92 Å². The van der Waals surface area contributed by atoms with Crippen LogP contribution in [0.5, 0.6) is 0 Å². The van der Waals surface area contributed by atoms with E-state index in [1.807, 2.05) is 19.9 Å². The van der Waals surface area contributed by atoms with Gasteiger partial charge in [0.25, 0.3) is 5.69 Å². The minimum absolute atomic E-state index is 0.0931. The molecule has 0 aromatic heterocycles. The molecular weight excluding hydrogens is 256 g/mol. The lowest BCUT2D eigenvalue weighted by Gasteiger charge is -2.26. The van der Waals surface area contributed by atoms with E-state index in [-0.39, 0.29) is 22.7 Å². The molecule has 112 valence electrons. The summed E-state index contributed by atoms with van der Waals surface area (Å²) in [6.45, 7) is 9.42. The molecule has 0 spiro atoms. The average molecular weight is 280 g/mol. The molecule has 1 aromatic carbocycles. The van der Waals surface area contributed by atoms with Crippen LogP contribution in [-0.2, 0) is 4.74 Å². The summed E-state index contributed by atoms with van der Waals surface area (Å²) in [5.74, 6) is 0.395. The van der Waals surface area contributed by atoms with Gasteiger partial charge in [-0.2, -0.15) is 0 Å². The number of nitrogens with zero attached hydrogens (tertiary/aromatic N) is 1. The smallest absolute Gasteiger partial charge is 0.274 e. The Morgan fingerprint density at radius 2 is 1.95 bits per heavy atom. The first-order chi connectivity index (χ1) is 9.47. The summed E-state index contributed by atoms with van der Waals surface area (Å²) in [6, 6.07) is 6.94. The molecule has 0 saturated carbocycles. The molecule has 0 amide bonds. The number of hydrogen-bond acceptors (Lipinski definition) is 4. The summed E-state index contributed by atoms with van der Waals surface area (Å²) >= 11 is 0. The predicted octanol–water partition coefficient (Wildman–Crippen LogP) is 3.31. The fraction of sp³-hybridized carbons (Fsp3) is 0.600. The molecule has 0 aliphatic carbocycles. The molecule has 1 N–H and O–H groups in total. The van der Waals surface area contributed by atoms with Crippen molar-refractivity contribution in [1.29, 1.82) is 0 Å². The SMILES string of the molecule is CCOCC(NC(C)c1ccccc1[N+](=O)[O-])C(C)C. The minimum Gasteiger partial charge on any atom is -0.380 e. The van der Waals surface area contributed by atoms with Crippen molar-refractivity contribution >= 4 is 5.69 Å². The standard InChI is InChI=1S/C15H24N2O3/c1-5-20-10-14(11(2)3)16-12(4)13-8-6-7-9-15(13)17(18)19/h6-9,11-12,14,16H,5,10H2,1-4H3. The first-order valence-corrected chi connectivity index (χ1v) is 7.04. The highest BCUT2D eigenvalue weighted by atomic mass is 16.6. The molecular formula is C15H24N2O3. The van der Waals surface area contributed by atoms with Gasteiger partial charge < -0.3 is 10.1 Å². The van der Waals surface area contributed by atoms with Gasteiger partial charge in [0.15, 0.2) is 0 Å². The van der Waals surface area contributed by atoms with Crippen LogP contribution in [0.2, 0.25) is 0 Å². The quantitative estimate of drug-likeness (QED) is 0.586. The van der Waals surface area contributed by atoms with E-state index in [1.54, 1.807) is 18.2 Å². The third-order valence-corrected chi connectivity index (χ3v) is 3.37. The van der Waals surface area contributed by atoms with Gasteiger partial charge in [-0.1, -0.05) is 32.0 Å².